The summed E-state index contributed by atoms with van der Waals surface area (Å²) in [6.45, 7) is 4.16. The van der Waals surface area contributed by atoms with E-state index in [2.05, 4.69) is 67.8 Å². The minimum atomic E-state index is -1.11. The molecule has 332 valence electrons. The molecule has 0 aromatic carbocycles. The van der Waals surface area contributed by atoms with Gasteiger partial charge in [0, 0.05) is 0 Å². The third-order valence-corrected chi connectivity index (χ3v) is 11.1. The van der Waals surface area contributed by atoms with Crippen LogP contribution in [0.25, 0.3) is 0 Å². The van der Waals surface area contributed by atoms with Gasteiger partial charge >= 0.3 is 0 Å². The van der Waals surface area contributed by atoms with Crippen molar-refractivity contribution in [3.63, 3.8) is 0 Å². The van der Waals surface area contributed by atoms with Crippen LogP contribution in [0.1, 0.15) is 239 Å². The molecule has 0 aliphatic carbocycles. The first-order valence-electron chi connectivity index (χ1n) is 24.6. The summed E-state index contributed by atoms with van der Waals surface area (Å²) in [7, 11) is 0. The van der Waals surface area contributed by atoms with Gasteiger partial charge in [0.05, 0.1) is 18.8 Å². The first kappa shape index (κ1) is 55.0. The zero-order valence-corrected chi connectivity index (χ0v) is 37.7. The molecule has 5 nitrogen and oxygen atoms in total. The molecule has 0 bridgehead atoms. The van der Waals surface area contributed by atoms with Gasteiger partial charge in [-0.1, -0.05) is 222 Å². The van der Waals surface area contributed by atoms with Gasteiger partial charge in [0.2, 0.25) is 5.91 Å². The smallest absolute Gasteiger partial charge is 0.249 e. The third-order valence-electron chi connectivity index (χ3n) is 11.1. The molecule has 3 atom stereocenters. The summed E-state index contributed by atoms with van der Waals surface area (Å²) in [5.74, 6) is -0.521. The Balaban J connectivity index is 3.69. The molecule has 0 spiro atoms. The topological polar surface area (TPSA) is 89.8 Å². The summed E-state index contributed by atoms with van der Waals surface area (Å²) in [6, 6.07) is -0.824. The van der Waals surface area contributed by atoms with Crippen molar-refractivity contribution in [3.8, 4) is 0 Å². The van der Waals surface area contributed by atoms with Crippen molar-refractivity contribution in [2.75, 3.05) is 6.61 Å². The molecule has 0 aromatic heterocycles. The van der Waals surface area contributed by atoms with Crippen LogP contribution in [0.5, 0.6) is 0 Å². The fourth-order valence-corrected chi connectivity index (χ4v) is 7.19. The van der Waals surface area contributed by atoms with Crippen molar-refractivity contribution >= 4 is 5.91 Å². The maximum atomic E-state index is 12.5. The third kappa shape index (κ3) is 42.0. The molecule has 0 radical (unpaired) electrons. The Morgan fingerprint density at radius 3 is 1.18 bits per heavy atom. The first-order chi connectivity index (χ1) is 28.1. The lowest BCUT2D eigenvalue weighted by molar-refractivity contribution is -0.131. The zero-order chi connectivity index (χ0) is 41.5. The van der Waals surface area contributed by atoms with Gasteiger partial charge in [-0.3, -0.25) is 4.79 Å². The normalized spacial score (nSPS) is 14.0. The molecule has 3 unspecified atom stereocenters. The van der Waals surface area contributed by atoms with Gasteiger partial charge < -0.3 is 20.6 Å². The Bertz CT molecular complexity index is 969. The van der Waals surface area contributed by atoms with E-state index in [0.29, 0.717) is 6.42 Å². The Morgan fingerprint density at radius 2 is 0.772 bits per heavy atom. The van der Waals surface area contributed by atoms with E-state index in [4.69, 9.17) is 0 Å². The predicted molar refractivity (Wildman–Crippen MR) is 250 cm³/mol. The molecule has 1 amide bonds. The van der Waals surface area contributed by atoms with E-state index in [0.717, 1.165) is 51.4 Å². The molecular formula is C52H95NO4. The van der Waals surface area contributed by atoms with Gasteiger partial charge in [-0.25, -0.2) is 0 Å². The number of aliphatic hydroxyl groups excluding tert-OH is 3. The minimum Gasteiger partial charge on any atom is -0.394 e. The number of carbonyl (C=O) groups excluding carboxylic acids is 1. The molecule has 4 N–H and O–H groups in total. The molecule has 5 heteroatoms. The summed E-state index contributed by atoms with van der Waals surface area (Å²) in [5.41, 5.74) is 0. The lowest BCUT2D eigenvalue weighted by atomic mass is 10.0. The number of allylic oxidation sites excluding steroid dienone is 9. The number of carbonyl (C=O) groups is 1. The molecular weight excluding hydrogens is 703 g/mol. The van der Waals surface area contributed by atoms with Crippen LogP contribution in [0.2, 0.25) is 0 Å². The Kier molecular flexibility index (Phi) is 45.1. The molecule has 0 aliphatic rings. The highest BCUT2D eigenvalue weighted by Crippen LogP contribution is 2.14. The highest BCUT2D eigenvalue weighted by Gasteiger charge is 2.22. The van der Waals surface area contributed by atoms with E-state index < -0.39 is 24.2 Å². The average Bonchev–Trinajstić information content (AvgIpc) is 3.22. The van der Waals surface area contributed by atoms with Crippen molar-refractivity contribution in [2.24, 2.45) is 0 Å². The molecule has 0 aliphatic heterocycles. The molecule has 0 rings (SSSR count). The van der Waals surface area contributed by atoms with Crippen LogP contribution < -0.4 is 5.32 Å². The Hall–Kier alpha value is -1.95. The summed E-state index contributed by atoms with van der Waals surface area (Å²) in [5, 5.41) is 33.2. The fraction of sp³-hybridized carbons (Fsp3) is 0.788. The van der Waals surface area contributed by atoms with Crippen LogP contribution in [0.4, 0.5) is 0 Å². The highest BCUT2D eigenvalue weighted by atomic mass is 16.3. The molecule has 0 fully saturated rings. The van der Waals surface area contributed by atoms with Gasteiger partial charge in [-0.05, 0) is 77.0 Å². The van der Waals surface area contributed by atoms with Crippen molar-refractivity contribution < 1.29 is 20.1 Å². The van der Waals surface area contributed by atoms with Crippen LogP contribution >= 0.6 is 0 Å². The van der Waals surface area contributed by atoms with E-state index in [-0.39, 0.29) is 6.61 Å². The lowest BCUT2D eigenvalue weighted by Crippen LogP contribution is -2.48. The number of hydrogen-bond acceptors (Lipinski definition) is 4. The number of nitrogens with one attached hydrogen (secondary N) is 1. The van der Waals surface area contributed by atoms with Gasteiger partial charge in [0.15, 0.2) is 0 Å². The minimum absolute atomic E-state index is 0.384. The number of unbranched alkanes of at least 4 members (excludes halogenated alkanes) is 28. The average molecular weight is 798 g/mol. The summed E-state index contributed by atoms with van der Waals surface area (Å²) in [6.07, 6.45) is 62.7. The SMILES string of the molecule is CCCCCCCCC/C=C/CC/C=C/CC/C=C/C(O)C(CO)NC(=O)C(O)CCCCCCCCCCCC/C=C\C/C=C\CCCCCCCCCCC. The Morgan fingerprint density at radius 1 is 0.439 bits per heavy atom. The van der Waals surface area contributed by atoms with E-state index in [1.807, 2.05) is 6.08 Å². The van der Waals surface area contributed by atoms with Crippen LogP contribution in [-0.2, 0) is 4.79 Å². The van der Waals surface area contributed by atoms with E-state index >= 15 is 0 Å². The molecule has 0 saturated carbocycles. The summed E-state index contributed by atoms with van der Waals surface area (Å²) in [4.78, 5) is 12.5. The second kappa shape index (κ2) is 46.7. The maximum absolute atomic E-state index is 12.5. The monoisotopic (exact) mass is 798 g/mol. The zero-order valence-electron chi connectivity index (χ0n) is 37.7. The molecule has 0 heterocycles. The van der Waals surface area contributed by atoms with Crippen molar-refractivity contribution in [3.05, 3.63) is 60.8 Å². The quantitative estimate of drug-likeness (QED) is 0.0365. The number of aliphatic hydroxyl groups is 3. The first-order valence-corrected chi connectivity index (χ1v) is 24.6. The molecule has 0 saturated heterocycles. The van der Waals surface area contributed by atoms with E-state index in [1.165, 1.54) is 167 Å². The van der Waals surface area contributed by atoms with Crippen LogP contribution in [0.15, 0.2) is 60.8 Å². The fourth-order valence-electron chi connectivity index (χ4n) is 7.19. The number of hydrogen-bond donors (Lipinski definition) is 4. The Labute approximate surface area is 354 Å². The standard InChI is InChI=1S/C52H95NO4/c1-3-5-7-9-11-13-15-17-19-21-22-23-24-25-26-27-28-29-31-33-35-37-39-41-43-45-47-51(56)52(57)53-49(48-54)50(55)46-44-42-40-38-36-34-32-30-20-18-16-14-12-10-8-6-4-2/h20,22-23,25-26,30,36,38,44,46,49-51,54-56H,3-19,21,24,27-29,31-35,37,39-43,45,47-48H2,1-2H3,(H,53,57)/b23-22-,26-25-,30-20+,38-36+,46-44+. The van der Waals surface area contributed by atoms with Gasteiger partial charge in [0.25, 0.3) is 0 Å². The number of rotatable bonds is 44. The van der Waals surface area contributed by atoms with Crippen LogP contribution in [0, 0.1) is 0 Å². The van der Waals surface area contributed by atoms with E-state index in [9.17, 15) is 20.1 Å². The molecule has 57 heavy (non-hydrogen) atoms. The van der Waals surface area contributed by atoms with Crippen LogP contribution in [-0.4, -0.2) is 46.1 Å². The lowest BCUT2D eigenvalue weighted by Gasteiger charge is -2.21. The van der Waals surface area contributed by atoms with Gasteiger partial charge in [-0.2, -0.15) is 0 Å². The van der Waals surface area contributed by atoms with Crippen LogP contribution in [0.3, 0.4) is 0 Å². The van der Waals surface area contributed by atoms with Crippen molar-refractivity contribution in [1.29, 1.82) is 0 Å². The largest absolute Gasteiger partial charge is 0.394 e. The highest BCUT2D eigenvalue weighted by molar-refractivity contribution is 5.80. The maximum Gasteiger partial charge on any atom is 0.249 e. The molecule has 0 aromatic rings. The van der Waals surface area contributed by atoms with Crippen molar-refractivity contribution in [1.82, 2.24) is 5.32 Å². The van der Waals surface area contributed by atoms with Crippen molar-refractivity contribution in [2.45, 2.75) is 257 Å². The summed E-state index contributed by atoms with van der Waals surface area (Å²) >= 11 is 0. The second-order valence-electron chi connectivity index (χ2n) is 16.6. The predicted octanol–water partition coefficient (Wildman–Crippen LogP) is 14.7. The van der Waals surface area contributed by atoms with Gasteiger partial charge in [-0.15, -0.1) is 0 Å². The summed E-state index contributed by atoms with van der Waals surface area (Å²) < 4.78 is 0. The number of amides is 1. The van der Waals surface area contributed by atoms with E-state index in [1.54, 1.807) is 6.08 Å². The van der Waals surface area contributed by atoms with Gasteiger partial charge in [0.1, 0.15) is 6.10 Å². The second-order valence-corrected chi connectivity index (χ2v) is 16.6.